The molecule has 0 spiro atoms. The van der Waals surface area contributed by atoms with Crippen LogP contribution in [0.25, 0.3) is 0 Å². The van der Waals surface area contributed by atoms with E-state index in [4.69, 9.17) is 0 Å². The lowest BCUT2D eigenvalue weighted by molar-refractivity contribution is 0.150. The van der Waals surface area contributed by atoms with E-state index in [1.54, 1.807) is 12.1 Å². The van der Waals surface area contributed by atoms with Gasteiger partial charge in [0.05, 0.1) is 5.69 Å². The highest BCUT2D eigenvalue weighted by molar-refractivity contribution is 5.68. The number of benzene rings is 1. The summed E-state index contributed by atoms with van der Waals surface area (Å²) in [5, 5.41) is 0. The first-order chi connectivity index (χ1) is 5.83. The highest BCUT2D eigenvalue weighted by atomic mass is 16.7. The van der Waals surface area contributed by atoms with Crippen LogP contribution in [0, 0.1) is 0 Å². The van der Waals surface area contributed by atoms with Crippen molar-refractivity contribution in [3.8, 4) is 0 Å². The van der Waals surface area contributed by atoms with Crippen LogP contribution in [0.15, 0.2) is 30.3 Å². The average molecular weight is 167 g/mol. The minimum Gasteiger partial charge on any atom is -0.356 e. The van der Waals surface area contributed by atoms with Gasteiger partial charge in [0.1, 0.15) is 0 Å². The Balaban J connectivity index is 2.38. The quantitative estimate of drug-likeness (QED) is 0.564. The van der Waals surface area contributed by atoms with Crippen molar-refractivity contribution < 1.29 is 9.63 Å². The summed E-state index contributed by atoms with van der Waals surface area (Å²) >= 11 is 0. The molecule has 1 rings (SSSR count). The molecule has 0 aliphatic rings. The van der Waals surface area contributed by atoms with E-state index in [9.17, 15) is 4.79 Å². The molecular weight excluding hydrogens is 158 g/mol. The van der Waals surface area contributed by atoms with Gasteiger partial charge in [-0.3, -0.25) is 5.43 Å². The largest absolute Gasteiger partial charge is 0.444 e. The van der Waals surface area contributed by atoms with Gasteiger partial charge in [-0.05, 0) is 12.1 Å². The second kappa shape index (κ2) is 4.20. The Hall–Kier alpha value is -1.75. The normalized spacial score (nSPS) is 8.75. The van der Waals surface area contributed by atoms with E-state index in [1.807, 2.05) is 18.2 Å². The van der Waals surface area contributed by atoms with E-state index < -0.39 is 6.09 Å². The Labute approximate surface area is 69.4 Å². The van der Waals surface area contributed by atoms with Crippen molar-refractivity contribution in [1.82, 2.24) is 5.43 Å². The minimum atomic E-state index is -0.737. The number of nitrogens with one attached hydrogen (secondary N) is 2. The van der Waals surface area contributed by atoms with Crippen molar-refractivity contribution in [3.05, 3.63) is 30.3 Å². The molecular formula is C7H9N3O2. The average Bonchev–Trinajstić information content (AvgIpc) is 2.16. The van der Waals surface area contributed by atoms with Gasteiger partial charge >= 0.3 is 6.09 Å². The van der Waals surface area contributed by atoms with Crippen LogP contribution in [0.4, 0.5) is 10.5 Å². The van der Waals surface area contributed by atoms with E-state index >= 15 is 0 Å². The zero-order valence-corrected chi connectivity index (χ0v) is 6.28. The van der Waals surface area contributed by atoms with Crippen LogP contribution in [-0.2, 0) is 4.84 Å². The zero-order chi connectivity index (χ0) is 8.81. The van der Waals surface area contributed by atoms with E-state index in [0.717, 1.165) is 5.69 Å². The van der Waals surface area contributed by atoms with Crippen LogP contribution >= 0.6 is 0 Å². The second-order valence-corrected chi connectivity index (χ2v) is 2.02. The highest BCUT2D eigenvalue weighted by Crippen LogP contribution is 2.02. The minimum absolute atomic E-state index is 0.737. The summed E-state index contributed by atoms with van der Waals surface area (Å²) in [5.41, 5.74) is 5.56. The maximum absolute atomic E-state index is 10.5. The fraction of sp³-hybridized carbons (Fsp3) is 0. The van der Waals surface area contributed by atoms with E-state index in [0.29, 0.717) is 0 Å². The molecule has 1 aromatic carbocycles. The molecule has 4 N–H and O–H groups in total. The van der Waals surface area contributed by atoms with Crippen molar-refractivity contribution in [2.75, 3.05) is 5.43 Å². The van der Waals surface area contributed by atoms with E-state index in [1.165, 1.54) is 0 Å². The topological polar surface area (TPSA) is 76.4 Å². The number of rotatable bonds is 2. The fourth-order valence-corrected chi connectivity index (χ4v) is 0.674. The first-order valence-electron chi connectivity index (χ1n) is 3.30. The van der Waals surface area contributed by atoms with Gasteiger partial charge in [-0.2, -0.15) is 5.90 Å². The number of anilines is 1. The van der Waals surface area contributed by atoms with Crippen molar-refractivity contribution >= 4 is 11.8 Å². The van der Waals surface area contributed by atoms with Gasteiger partial charge in [-0.1, -0.05) is 18.2 Å². The summed E-state index contributed by atoms with van der Waals surface area (Å²) < 4.78 is 0. The summed E-state index contributed by atoms with van der Waals surface area (Å²) in [7, 11) is 0. The number of amides is 1. The predicted molar refractivity (Wildman–Crippen MR) is 43.9 cm³/mol. The molecule has 64 valence electrons. The Bertz CT molecular complexity index is 250. The van der Waals surface area contributed by atoms with Crippen LogP contribution in [0.2, 0.25) is 0 Å². The summed E-state index contributed by atoms with van der Waals surface area (Å²) in [6.45, 7) is 0. The van der Waals surface area contributed by atoms with Gasteiger partial charge in [0.15, 0.2) is 0 Å². The second-order valence-electron chi connectivity index (χ2n) is 2.02. The lowest BCUT2D eigenvalue weighted by Crippen LogP contribution is -2.31. The Kier molecular flexibility index (Phi) is 2.92. The number of carbonyl (C=O) groups is 1. The number of carbonyl (C=O) groups excluding carboxylic acids is 1. The van der Waals surface area contributed by atoms with Crippen molar-refractivity contribution in [1.29, 1.82) is 0 Å². The molecule has 0 saturated heterocycles. The summed E-state index contributed by atoms with van der Waals surface area (Å²) in [6, 6.07) is 9.11. The fourth-order valence-electron chi connectivity index (χ4n) is 0.674. The number of para-hydroxylation sites is 1. The zero-order valence-electron chi connectivity index (χ0n) is 6.28. The van der Waals surface area contributed by atoms with Crippen LogP contribution in [-0.4, -0.2) is 6.09 Å². The van der Waals surface area contributed by atoms with Gasteiger partial charge in [0, 0.05) is 0 Å². The molecule has 0 radical (unpaired) electrons. The molecule has 0 aliphatic carbocycles. The van der Waals surface area contributed by atoms with Crippen LogP contribution in [0.5, 0.6) is 0 Å². The monoisotopic (exact) mass is 167 g/mol. The number of hydrazine groups is 1. The SMILES string of the molecule is NOC(=O)NNc1ccccc1. The predicted octanol–water partition coefficient (Wildman–Crippen LogP) is 0.613. The molecule has 0 bridgehead atoms. The summed E-state index contributed by atoms with van der Waals surface area (Å²) in [6.07, 6.45) is -0.737. The molecule has 1 amide bonds. The molecule has 5 nitrogen and oxygen atoms in total. The Morgan fingerprint density at radius 3 is 2.58 bits per heavy atom. The van der Waals surface area contributed by atoms with E-state index in [2.05, 4.69) is 21.6 Å². The van der Waals surface area contributed by atoms with Gasteiger partial charge < -0.3 is 4.84 Å². The van der Waals surface area contributed by atoms with Crippen molar-refractivity contribution in [2.45, 2.75) is 0 Å². The molecule has 0 fully saturated rings. The first-order valence-corrected chi connectivity index (χ1v) is 3.30. The third-order valence-electron chi connectivity index (χ3n) is 1.19. The van der Waals surface area contributed by atoms with Crippen LogP contribution in [0.3, 0.4) is 0 Å². The molecule has 12 heavy (non-hydrogen) atoms. The van der Waals surface area contributed by atoms with Crippen molar-refractivity contribution in [3.63, 3.8) is 0 Å². The standard InChI is InChI=1S/C7H9N3O2/c8-12-7(11)10-9-6-4-2-1-3-5-6/h1-5,9H,8H2,(H,10,11). The van der Waals surface area contributed by atoms with Gasteiger partial charge in [-0.25, -0.2) is 10.2 Å². The smallest absolute Gasteiger partial charge is 0.356 e. The van der Waals surface area contributed by atoms with Crippen LogP contribution in [0.1, 0.15) is 0 Å². The molecule has 0 aliphatic heterocycles. The molecule has 0 saturated carbocycles. The molecule has 1 aromatic rings. The Morgan fingerprint density at radius 1 is 1.33 bits per heavy atom. The molecule has 5 heteroatoms. The van der Waals surface area contributed by atoms with Gasteiger partial charge in [0.2, 0.25) is 0 Å². The van der Waals surface area contributed by atoms with Crippen molar-refractivity contribution in [2.24, 2.45) is 5.90 Å². The van der Waals surface area contributed by atoms with Crippen LogP contribution < -0.4 is 16.7 Å². The number of hydrogen-bond donors (Lipinski definition) is 3. The summed E-state index contributed by atoms with van der Waals surface area (Å²) in [4.78, 5) is 14.3. The third kappa shape index (κ3) is 2.47. The number of hydrogen-bond acceptors (Lipinski definition) is 4. The maximum Gasteiger partial charge on any atom is 0.444 e. The maximum atomic E-state index is 10.5. The Morgan fingerprint density at radius 2 is 2.00 bits per heavy atom. The number of nitrogens with two attached hydrogens (primary N) is 1. The van der Waals surface area contributed by atoms with E-state index in [-0.39, 0.29) is 0 Å². The molecule has 0 unspecified atom stereocenters. The first kappa shape index (κ1) is 8.35. The molecule has 0 heterocycles. The lowest BCUT2D eigenvalue weighted by atomic mass is 10.3. The molecule has 0 aromatic heterocycles. The highest BCUT2D eigenvalue weighted by Gasteiger charge is 1.95. The third-order valence-corrected chi connectivity index (χ3v) is 1.19. The van der Waals surface area contributed by atoms with Gasteiger partial charge in [0.25, 0.3) is 0 Å². The lowest BCUT2D eigenvalue weighted by Gasteiger charge is -2.05. The molecule has 0 atom stereocenters. The van der Waals surface area contributed by atoms with Gasteiger partial charge in [-0.15, -0.1) is 0 Å². The summed E-state index contributed by atoms with van der Waals surface area (Å²) in [5.74, 6) is 4.58.